The molecule has 0 bridgehead atoms. The average Bonchev–Trinajstić information content (AvgIpc) is 3.04. The topological polar surface area (TPSA) is 68.2 Å². The molecule has 0 aliphatic carbocycles. The number of benzene rings is 1. The quantitative estimate of drug-likeness (QED) is 0.585. The van der Waals surface area contributed by atoms with E-state index in [2.05, 4.69) is 21.1 Å². The van der Waals surface area contributed by atoms with Crippen molar-refractivity contribution in [1.82, 2.24) is 4.90 Å². The fraction of sp³-hybridized carbons (Fsp3) is 0.400. The maximum atomic E-state index is 12.5. The van der Waals surface area contributed by atoms with Crippen molar-refractivity contribution in [1.29, 1.82) is 0 Å². The maximum absolute atomic E-state index is 12.5. The fourth-order valence-corrected chi connectivity index (χ4v) is 2.94. The highest BCUT2D eigenvalue weighted by molar-refractivity contribution is 9.10. The number of carbonyl (C=O) groups is 2. The molecule has 2 amide bonds. The standard InChI is InChI=1S/C15H15BrN2O4/c1-21-8-2-7-18-14(19)11-12(17-22-13(11)15(18)20)9-3-5-10(16)6-4-9/h3-6,11,13H,2,7-8H2,1H3/t11-,13+/m1/s1. The molecular formula is C15H15BrN2O4. The SMILES string of the molecule is COCCCN1C(=O)[C@@H]2C(c3ccc(Br)cc3)=NO[C@@H]2C1=O. The van der Waals surface area contributed by atoms with E-state index in [4.69, 9.17) is 9.57 Å². The molecule has 0 spiro atoms. The molecule has 1 fully saturated rings. The van der Waals surface area contributed by atoms with E-state index in [0.29, 0.717) is 25.3 Å². The Balaban J connectivity index is 1.80. The van der Waals surface area contributed by atoms with Gasteiger partial charge in [0, 0.05) is 30.3 Å². The first-order valence-corrected chi connectivity index (χ1v) is 7.76. The van der Waals surface area contributed by atoms with Crippen LogP contribution in [0, 0.1) is 5.92 Å². The molecular weight excluding hydrogens is 352 g/mol. The molecule has 116 valence electrons. The second-order valence-corrected chi connectivity index (χ2v) is 6.08. The minimum absolute atomic E-state index is 0.245. The molecule has 1 aromatic carbocycles. The van der Waals surface area contributed by atoms with Crippen molar-refractivity contribution in [2.45, 2.75) is 12.5 Å². The van der Waals surface area contributed by atoms with E-state index in [1.807, 2.05) is 24.3 Å². The summed E-state index contributed by atoms with van der Waals surface area (Å²) < 4.78 is 5.89. The second kappa shape index (κ2) is 6.18. The van der Waals surface area contributed by atoms with Crippen molar-refractivity contribution in [3.05, 3.63) is 34.3 Å². The molecule has 2 heterocycles. The Morgan fingerprint density at radius 3 is 2.68 bits per heavy atom. The van der Waals surface area contributed by atoms with Gasteiger partial charge in [0.25, 0.3) is 5.91 Å². The van der Waals surface area contributed by atoms with Gasteiger partial charge in [-0.2, -0.15) is 0 Å². The van der Waals surface area contributed by atoms with Crippen LogP contribution in [0.4, 0.5) is 0 Å². The van der Waals surface area contributed by atoms with Gasteiger partial charge >= 0.3 is 0 Å². The molecule has 2 aliphatic heterocycles. The summed E-state index contributed by atoms with van der Waals surface area (Å²) in [7, 11) is 1.59. The Hall–Kier alpha value is -1.73. The number of likely N-dealkylation sites (tertiary alicyclic amines) is 1. The van der Waals surface area contributed by atoms with Gasteiger partial charge in [-0.15, -0.1) is 0 Å². The molecule has 22 heavy (non-hydrogen) atoms. The molecule has 2 atom stereocenters. The van der Waals surface area contributed by atoms with Gasteiger partial charge in [0.2, 0.25) is 12.0 Å². The van der Waals surface area contributed by atoms with Crippen molar-refractivity contribution in [2.24, 2.45) is 11.1 Å². The van der Waals surface area contributed by atoms with Crippen LogP contribution in [-0.4, -0.2) is 48.8 Å². The van der Waals surface area contributed by atoms with Crippen LogP contribution in [0.5, 0.6) is 0 Å². The normalized spacial score (nSPS) is 23.5. The lowest BCUT2D eigenvalue weighted by Crippen LogP contribution is -2.34. The van der Waals surface area contributed by atoms with Crippen LogP contribution in [0.2, 0.25) is 0 Å². The van der Waals surface area contributed by atoms with Crippen molar-refractivity contribution in [3.63, 3.8) is 0 Å². The highest BCUT2D eigenvalue weighted by Gasteiger charge is 2.55. The number of ether oxygens (including phenoxy) is 1. The van der Waals surface area contributed by atoms with Crippen LogP contribution < -0.4 is 0 Å². The molecule has 0 unspecified atom stereocenters. The molecule has 7 heteroatoms. The summed E-state index contributed by atoms with van der Waals surface area (Å²) in [6, 6.07) is 7.42. The summed E-state index contributed by atoms with van der Waals surface area (Å²) >= 11 is 3.36. The van der Waals surface area contributed by atoms with Crippen molar-refractivity contribution < 1.29 is 19.2 Å². The van der Waals surface area contributed by atoms with Crippen LogP contribution in [0.1, 0.15) is 12.0 Å². The summed E-state index contributed by atoms with van der Waals surface area (Å²) in [4.78, 5) is 31.3. The van der Waals surface area contributed by atoms with Crippen molar-refractivity contribution in [3.8, 4) is 0 Å². The van der Waals surface area contributed by atoms with Gasteiger partial charge in [-0.05, 0) is 18.6 Å². The number of imide groups is 1. The number of rotatable bonds is 5. The van der Waals surface area contributed by atoms with Crippen LogP contribution in [0.25, 0.3) is 0 Å². The number of amides is 2. The third-order valence-electron chi connectivity index (χ3n) is 3.77. The Bertz CT molecular complexity index is 629. The zero-order valence-corrected chi connectivity index (χ0v) is 13.6. The fourth-order valence-electron chi connectivity index (χ4n) is 2.68. The zero-order chi connectivity index (χ0) is 15.7. The number of halogens is 1. The molecule has 1 saturated heterocycles. The maximum Gasteiger partial charge on any atom is 0.274 e. The molecule has 3 rings (SSSR count). The molecule has 0 saturated carbocycles. The minimum Gasteiger partial charge on any atom is -0.385 e. The van der Waals surface area contributed by atoms with E-state index in [1.165, 1.54) is 4.90 Å². The zero-order valence-electron chi connectivity index (χ0n) is 12.0. The predicted octanol–water partition coefficient (Wildman–Crippen LogP) is 1.57. The van der Waals surface area contributed by atoms with Gasteiger partial charge in [-0.1, -0.05) is 33.2 Å². The van der Waals surface area contributed by atoms with Gasteiger partial charge in [0.05, 0.1) is 0 Å². The molecule has 1 aromatic rings. The highest BCUT2D eigenvalue weighted by Crippen LogP contribution is 2.32. The lowest BCUT2D eigenvalue weighted by molar-refractivity contribution is -0.142. The number of methoxy groups -OCH3 is 1. The molecule has 0 aromatic heterocycles. The summed E-state index contributed by atoms with van der Waals surface area (Å²) in [5.41, 5.74) is 1.31. The summed E-state index contributed by atoms with van der Waals surface area (Å²) in [6.45, 7) is 0.844. The van der Waals surface area contributed by atoms with Crippen molar-refractivity contribution >= 4 is 33.5 Å². The van der Waals surface area contributed by atoms with E-state index < -0.39 is 12.0 Å². The monoisotopic (exact) mass is 366 g/mol. The molecule has 0 N–H and O–H groups in total. The van der Waals surface area contributed by atoms with E-state index in [0.717, 1.165) is 10.0 Å². The van der Waals surface area contributed by atoms with Crippen LogP contribution in [0.15, 0.2) is 33.9 Å². The third-order valence-corrected chi connectivity index (χ3v) is 4.30. The van der Waals surface area contributed by atoms with Gasteiger partial charge < -0.3 is 9.57 Å². The van der Waals surface area contributed by atoms with Crippen LogP contribution >= 0.6 is 15.9 Å². The van der Waals surface area contributed by atoms with E-state index >= 15 is 0 Å². The Morgan fingerprint density at radius 1 is 1.27 bits per heavy atom. The van der Waals surface area contributed by atoms with Crippen molar-refractivity contribution in [2.75, 3.05) is 20.3 Å². The highest BCUT2D eigenvalue weighted by atomic mass is 79.9. The summed E-state index contributed by atoms with van der Waals surface area (Å²) in [5.74, 6) is -1.21. The Kier molecular flexibility index (Phi) is 4.26. The number of oxime groups is 1. The van der Waals surface area contributed by atoms with Crippen LogP contribution in [-0.2, 0) is 19.2 Å². The first-order chi connectivity index (χ1) is 10.6. The number of nitrogens with zero attached hydrogens (tertiary/aromatic N) is 2. The lowest BCUT2D eigenvalue weighted by Gasteiger charge is -2.14. The Morgan fingerprint density at radius 2 is 2.00 bits per heavy atom. The Labute approximate surface area is 136 Å². The second-order valence-electron chi connectivity index (χ2n) is 5.16. The van der Waals surface area contributed by atoms with Gasteiger partial charge in [0.15, 0.2) is 0 Å². The minimum atomic E-state index is -0.825. The van der Waals surface area contributed by atoms with E-state index in [-0.39, 0.29) is 11.8 Å². The van der Waals surface area contributed by atoms with E-state index in [1.54, 1.807) is 7.11 Å². The molecule has 6 nitrogen and oxygen atoms in total. The predicted molar refractivity (Wildman–Crippen MR) is 82.3 cm³/mol. The average molecular weight is 367 g/mol. The number of carbonyl (C=O) groups excluding carboxylic acids is 2. The summed E-state index contributed by atoms with van der Waals surface area (Å²) in [6.07, 6.45) is -0.216. The third kappa shape index (κ3) is 2.55. The number of hydrogen-bond donors (Lipinski definition) is 0. The lowest BCUT2D eigenvalue weighted by atomic mass is 9.94. The van der Waals surface area contributed by atoms with Gasteiger partial charge in [-0.3, -0.25) is 14.5 Å². The first kappa shape index (κ1) is 15.2. The van der Waals surface area contributed by atoms with E-state index in [9.17, 15) is 9.59 Å². The van der Waals surface area contributed by atoms with Gasteiger partial charge in [-0.25, -0.2) is 0 Å². The number of fused-ring (bicyclic) bond motifs is 1. The van der Waals surface area contributed by atoms with Crippen LogP contribution in [0.3, 0.4) is 0 Å². The van der Waals surface area contributed by atoms with Gasteiger partial charge in [0.1, 0.15) is 11.6 Å². The number of hydrogen-bond acceptors (Lipinski definition) is 5. The molecule has 2 aliphatic rings. The molecule has 0 radical (unpaired) electrons. The largest absolute Gasteiger partial charge is 0.385 e. The summed E-state index contributed by atoms with van der Waals surface area (Å²) in [5, 5.41) is 3.96. The smallest absolute Gasteiger partial charge is 0.274 e. The first-order valence-electron chi connectivity index (χ1n) is 6.97.